The Morgan fingerprint density at radius 3 is 2.83 bits per heavy atom. The van der Waals surface area contributed by atoms with Gasteiger partial charge in [0.1, 0.15) is 0 Å². The topological polar surface area (TPSA) is 61.1 Å². The third-order valence-electron chi connectivity index (χ3n) is 1.33. The molecule has 0 aromatic carbocycles. The molecular formula is C7H11FNO2P. The van der Waals surface area contributed by atoms with Gasteiger partial charge in [-0.2, -0.15) is 9.65 Å². The highest BCUT2D eigenvalue weighted by Crippen LogP contribution is 2.50. The molecule has 0 rings (SSSR count). The summed E-state index contributed by atoms with van der Waals surface area (Å²) in [5, 5.41) is 8.03. The van der Waals surface area contributed by atoms with Gasteiger partial charge in [-0.1, -0.05) is 13.3 Å². The zero-order chi connectivity index (χ0) is 9.61. The van der Waals surface area contributed by atoms with Crippen molar-refractivity contribution < 1.29 is 13.8 Å². The number of allylic oxidation sites excluding steroid dienone is 1. The monoisotopic (exact) mass is 191 g/mol. The fraction of sp³-hybridized carbons (Fsp3) is 0.571. The maximum absolute atomic E-state index is 12.6. The van der Waals surface area contributed by atoms with Gasteiger partial charge in [0, 0.05) is 6.16 Å². The molecule has 0 heterocycles. The van der Waals surface area contributed by atoms with Crippen molar-refractivity contribution in [3.05, 3.63) is 11.6 Å². The molecule has 0 saturated heterocycles. The predicted octanol–water partition coefficient (Wildman–Crippen LogP) is 2.39. The lowest BCUT2D eigenvalue weighted by atomic mass is 10.4. The Morgan fingerprint density at radius 1 is 1.83 bits per heavy atom. The van der Waals surface area contributed by atoms with Crippen molar-refractivity contribution >= 4 is 7.37 Å². The molecule has 0 radical (unpaired) electrons. The second-order valence-corrected chi connectivity index (χ2v) is 4.65. The van der Waals surface area contributed by atoms with Gasteiger partial charge in [0.2, 0.25) is 0 Å². The van der Waals surface area contributed by atoms with Gasteiger partial charge in [-0.25, -0.2) is 0 Å². The van der Waals surface area contributed by atoms with E-state index in [0.717, 1.165) is 6.42 Å². The first-order valence-electron chi connectivity index (χ1n) is 3.62. The molecule has 0 saturated carbocycles. The van der Waals surface area contributed by atoms with Crippen LogP contribution >= 0.6 is 7.37 Å². The van der Waals surface area contributed by atoms with Crippen molar-refractivity contribution in [3.8, 4) is 6.07 Å². The van der Waals surface area contributed by atoms with Gasteiger partial charge in [0.05, 0.1) is 12.1 Å². The summed E-state index contributed by atoms with van der Waals surface area (Å²) in [5.74, 6) is 0. The summed E-state index contributed by atoms with van der Waals surface area (Å²) in [6, 6.07) is 1.38. The maximum atomic E-state index is 12.6. The molecule has 12 heavy (non-hydrogen) atoms. The van der Waals surface area contributed by atoms with Crippen LogP contribution in [0.4, 0.5) is 4.39 Å². The summed E-state index contributed by atoms with van der Waals surface area (Å²) < 4.78 is 23.7. The molecule has 0 amide bonds. The van der Waals surface area contributed by atoms with Gasteiger partial charge in [-0.15, -0.1) is 0 Å². The molecule has 0 aromatic heterocycles. The minimum Gasteiger partial charge on any atom is -0.340 e. The molecule has 5 heteroatoms. The molecule has 0 spiro atoms. The summed E-state index contributed by atoms with van der Waals surface area (Å²) in [5.41, 5.74) is -1.20. The zero-order valence-electron chi connectivity index (χ0n) is 6.83. The highest BCUT2D eigenvalue weighted by atomic mass is 31.2. The molecule has 3 nitrogen and oxygen atoms in total. The molecule has 0 bridgehead atoms. The van der Waals surface area contributed by atoms with Crippen LogP contribution in [0.15, 0.2) is 11.6 Å². The molecule has 1 N–H and O–H groups in total. The number of halogens is 1. The summed E-state index contributed by atoms with van der Waals surface area (Å²) >= 11 is 0. The Kier molecular flexibility index (Phi) is 4.80. The van der Waals surface area contributed by atoms with Crippen LogP contribution in [0.1, 0.15) is 19.8 Å². The smallest absolute Gasteiger partial charge is 0.257 e. The normalized spacial score (nSPS) is 16.7. The zero-order valence-corrected chi connectivity index (χ0v) is 7.72. The van der Waals surface area contributed by atoms with Crippen LogP contribution < -0.4 is 0 Å². The van der Waals surface area contributed by atoms with Crippen LogP contribution in [0.5, 0.6) is 0 Å². The number of hydrogen-bond donors (Lipinski definition) is 1. The average molecular weight is 191 g/mol. The lowest BCUT2D eigenvalue weighted by Gasteiger charge is -2.06. The van der Waals surface area contributed by atoms with Gasteiger partial charge < -0.3 is 4.89 Å². The Bertz CT molecular complexity index is 257. The average Bonchev–Trinajstić information content (AvgIpc) is 2.01. The molecule has 0 aliphatic rings. The van der Waals surface area contributed by atoms with E-state index < -0.39 is 12.9 Å². The minimum absolute atomic E-state index is 0.0898. The van der Waals surface area contributed by atoms with Gasteiger partial charge in [-0.3, -0.25) is 4.57 Å². The second-order valence-electron chi connectivity index (χ2n) is 2.37. The van der Waals surface area contributed by atoms with E-state index in [9.17, 15) is 8.96 Å². The fourth-order valence-corrected chi connectivity index (χ4v) is 1.85. The van der Waals surface area contributed by atoms with Crippen molar-refractivity contribution in [3.63, 3.8) is 0 Å². The summed E-state index contributed by atoms with van der Waals surface area (Å²) in [6.07, 6.45) is 1.61. The van der Waals surface area contributed by atoms with Gasteiger partial charge >= 0.3 is 0 Å². The van der Waals surface area contributed by atoms with E-state index in [1.54, 1.807) is 0 Å². The van der Waals surface area contributed by atoms with E-state index in [0.29, 0.717) is 12.5 Å². The molecule has 0 fully saturated rings. The number of nitriles is 1. The van der Waals surface area contributed by atoms with Crippen molar-refractivity contribution in [1.29, 1.82) is 5.26 Å². The first-order chi connectivity index (χ1) is 5.54. The minimum atomic E-state index is -3.84. The van der Waals surface area contributed by atoms with Crippen LogP contribution in [-0.2, 0) is 4.57 Å². The van der Waals surface area contributed by atoms with Crippen LogP contribution in [0.25, 0.3) is 0 Å². The SMILES string of the molecule is CCCCP(=O)(O)C(F)=CC#N. The fourth-order valence-electron chi connectivity index (χ4n) is 0.633. The summed E-state index contributed by atoms with van der Waals surface area (Å²) in [4.78, 5) is 9.01. The summed E-state index contributed by atoms with van der Waals surface area (Å²) in [6.45, 7) is 1.84. The standard InChI is InChI=1S/C7H11FNO2P/c1-2-3-6-12(10,11)7(8)4-5-9/h4H,2-3,6H2,1H3,(H,10,11). The molecular weight excluding hydrogens is 180 g/mol. The Labute approximate surface area is 71.0 Å². The van der Waals surface area contributed by atoms with Crippen LogP contribution in [-0.4, -0.2) is 11.1 Å². The molecule has 1 unspecified atom stereocenters. The molecule has 0 aliphatic carbocycles. The van der Waals surface area contributed by atoms with E-state index in [1.807, 2.05) is 6.92 Å². The number of rotatable bonds is 4. The first kappa shape index (κ1) is 11.4. The Hall–Kier alpha value is -0.650. The van der Waals surface area contributed by atoms with Crippen molar-refractivity contribution in [1.82, 2.24) is 0 Å². The Balaban J connectivity index is 4.32. The highest BCUT2D eigenvalue weighted by Gasteiger charge is 2.23. The number of nitrogens with zero attached hydrogens (tertiary/aromatic N) is 1. The van der Waals surface area contributed by atoms with E-state index >= 15 is 0 Å². The maximum Gasteiger partial charge on any atom is 0.257 e. The largest absolute Gasteiger partial charge is 0.340 e. The lowest BCUT2D eigenvalue weighted by molar-refractivity contribution is 0.466. The van der Waals surface area contributed by atoms with Gasteiger partial charge in [0.25, 0.3) is 7.37 Å². The van der Waals surface area contributed by atoms with Gasteiger partial charge in [0.15, 0.2) is 5.57 Å². The van der Waals surface area contributed by atoms with Crippen molar-refractivity contribution in [2.24, 2.45) is 0 Å². The molecule has 0 aliphatic heterocycles. The third kappa shape index (κ3) is 3.66. The summed E-state index contributed by atoms with van der Waals surface area (Å²) in [7, 11) is -3.84. The van der Waals surface area contributed by atoms with Crippen LogP contribution in [0, 0.1) is 11.3 Å². The van der Waals surface area contributed by atoms with E-state index in [1.165, 1.54) is 6.07 Å². The number of unbranched alkanes of at least 4 members (excludes halogenated alkanes) is 1. The quantitative estimate of drug-likeness (QED) is 0.548. The van der Waals surface area contributed by atoms with Crippen LogP contribution in [0.3, 0.4) is 0 Å². The Morgan fingerprint density at radius 2 is 2.42 bits per heavy atom. The van der Waals surface area contributed by atoms with E-state index in [-0.39, 0.29) is 6.16 Å². The van der Waals surface area contributed by atoms with E-state index in [2.05, 4.69) is 0 Å². The first-order valence-corrected chi connectivity index (χ1v) is 5.46. The number of hydrogen-bond acceptors (Lipinski definition) is 2. The van der Waals surface area contributed by atoms with Gasteiger partial charge in [-0.05, 0) is 6.42 Å². The van der Waals surface area contributed by atoms with E-state index in [4.69, 9.17) is 10.2 Å². The highest BCUT2D eigenvalue weighted by molar-refractivity contribution is 7.62. The third-order valence-corrected chi connectivity index (χ3v) is 3.05. The van der Waals surface area contributed by atoms with Crippen molar-refractivity contribution in [2.45, 2.75) is 19.8 Å². The second kappa shape index (κ2) is 5.08. The molecule has 0 aromatic rings. The molecule has 68 valence electrons. The predicted molar refractivity (Wildman–Crippen MR) is 44.4 cm³/mol. The lowest BCUT2D eigenvalue weighted by Crippen LogP contribution is -1.88. The molecule has 1 atom stereocenters. The van der Waals surface area contributed by atoms with Crippen LogP contribution in [0.2, 0.25) is 0 Å². The van der Waals surface area contributed by atoms with Crippen molar-refractivity contribution in [2.75, 3.05) is 6.16 Å².